The Morgan fingerprint density at radius 3 is 2.41 bits per heavy atom. The van der Waals surface area contributed by atoms with Crippen molar-refractivity contribution in [1.29, 1.82) is 0 Å². The third kappa shape index (κ3) is 5.69. The molecule has 0 saturated heterocycles. The number of carbonyl (C=O) groups is 1. The van der Waals surface area contributed by atoms with E-state index >= 15 is 0 Å². The van der Waals surface area contributed by atoms with Gasteiger partial charge in [0.25, 0.3) is 0 Å². The minimum absolute atomic E-state index is 0.0961. The Bertz CT molecular complexity index is 640. The number of hydrogen-bond acceptors (Lipinski definition) is 3. The number of halogens is 4. The molecule has 22 heavy (non-hydrogen) atoms. The lowest BCUT2D eigenvalue weighted by Crippen LogP contribution is -2.24. The van der Waals surface area contributed by atoms with Crippen LogP contribution >= 0.6 is 27.3 Å². The number of carbonyl (C=O) groups excluding carboxylic acids is 1. The highest BCUT2D eigenvalue weighted by Gasteiger charge is 2.30. The molecule has 3 nitrogen and oxygen atoms in total. The summed E-state index contributed by atoms with van der Waals surface area (Å²) >= 11 is 4.86. The maximum absolute atomic E-state index is 12.0. The molecule has 1 aromatic heterocycles. The maximum Gasteiger partial charge on any atom is 0.573 e. The molecule has 2 aromatic rings. The lowest BCUT2D eigenvalue weighted by atomic mass is 10.1. The van der Waals surface area contributed by atoms with Crippen LogP contribution in [-0.4, -0.2) is 12.3 Å². The van der Waals surface area contributed by atoms with E-state index in [-0.39, 0.29) is 18.1 Å². The van der Waals surface area contributed by atoms with Gasteiger partial charge in [-0.1, -0.05) is 12.1 Å². The molecule has 0 fully saturated rings. The molecular weight excluding hydrogens is 383 g/mol. The van der Waals surface area contributed by atoms with Crippen LogP contribution in [0.1, 0.15) is 10.4 Å². The van der Waals surface area contributed by atoms with E-state index in [1.165, 1.54) is 35.6 Å². The van der Waals surface area contributed by atoms with Gasteiger partial charge in [0, 0.05) is 4.88 Å². The van der Waals surface area contributed by atoms with Crippen LogP contribution in [0.4, 0.5) is 13.2 Å². The van der Waals surface area contributed by atoms with E-state index in [2.05, 4.69) is 26.0 Å². The average Bonchev–Trinajstić information content (AvgIpc) is 2.83. The largest absolute Gasteiger partial charge is 0.573 e. The molecule has 118 valence electrons. The molecule has 1 N–H and O–H groups in total. The van der Waals surface area contributed by atoms with Crippen molar-refractivity contribution in [3.8, 4) is 5.75 Å². The number of ether oxygens (including phenoxy) is 1. The second kappa shape index (κ2) is 7.15. The zero-order valence-corrected chi connectivity index (χ0v) is 13.5. The SMILES string of the molecule is O=C(Cc1ccc(OC(F)(F)F)cc1)NCc1ccc(Br)s1. The van der Waals surface area contributed by atoms with Crippen molar-refractivity contribution in [3.63, 3.8) is 0 Å². The molecule has 0 atom stereocenters. The minimum atomic E-state index is -4.71. The fraction of sp³-hybridized carbons (Fsp3) is 0.214. The van der Waals surface area contributed by atoms with Gasteiger partial charge < -0.3 is 10.1 Å². The molecule has 0 unspecified atom stereocenters. The Kier molecular flexibility index (Phi) is 5.47. The zero-order valence-electron chi connectivity index (χ0n) is 11.1. The molecule has 0 aliphatic rings. The summed E-state index contributed by atoms with van der Waals surface area (Å²) in [4.78, 5) is 12.8. The van der Waals surface area contributed by atoms with Gasteiger partial charge in [-0.25, -0.2) is 0 Å². The van der Waals surface area contributed by atoms with Crippen LogP contribution in [0.25, 0.3) is 0 Å². The van der Waals surface area contributed by atoms with Crippen molar-refractivity contribution in [2.24, 2.45) is 0 Å². The van der Waals surface area contributed by atoms with Gasteiger partial charge in [-0.3, -0.25) is 4.79 Å². The molecule has 0 aliphatic carbocycles. The first-order chi connectivity index (χ1) is 10.3. The Hall–Kier alpha value is -1.54. The molecule has 0 aliphatic heterocycles. The summed E-state index contributed by atoms with van der Waals surface area (Å²) in [5, 5.41) is 2.75. The lowest BCUT2D eigenvalue weighted by Gasteiger charge is -2.09. The van der Waals surface area contributed by atoms with Crippen molar-refractivity contribution < 1.29 is 22.7 Å². The zero-order chi connectivity index (χ0) is 16.2. The van der Waals surface area contributed by atoms with E-state index in [9.17, 15) is 18.0 Å². The predicted octanol–water partition coefficient (Wildman–Crippen LogP) is 4.27. The molecular formula is C14H11BrF3NO2S. The van der Waals surface area contributed by atoms with Gasteiger partial charge in [-0.05, 0) is 45.8 Å². The lowest BCUT2D eigenvalue weighted by molar-refractivity contribution is -0.274. The van der Waals surface area contributed by atoms with Crippen LogP contribution < -0.4 is 10.1 Å². The standard InChI is InChI=1S/C14H11BrF3NO2S/c15-12-6-5-11(22-12)8-19-13(20)7-9-1-3-10(4-2-9)21-14(16,17)18/h1-6H,7-8H2,(H,19,20). The fourth-order valence-electron chi connectivity index (χ4n) is 1.69. The summed E-state index contributed by atoms with van der Waals surface area (Å²) in [7, 11) is 0. The van der Waals surface area contributed by atoms with Crippen molar-refractivity contribution in [1.82, 2.24) is 5.32 Å². The first kappa shape index (κ1) is 16.8. The molecule has 1 aromatic carbocycles. The molecule has 0 bridgehead atoms. The van der Waals surface area contributed by atoms with E-state index in [4.69, 9.17) is 0 Å². The molecule has 0 spiro atoms. The Morgan fingerprint density at radius 2 is 1.86 bits per heavy atom. The molecule has 0 saturated carbocycles. The highest BCUT2D eigenvalue weighted by molar-refractivity contribution is 9.11. The number of rotatable bonds is 5. The van der Waals surface area contributed by atoms with Gasteiger partial charge in [-0.15, -0.1) is 24.5 Å². The molecule has 1 heterocycles. The highest BCUT2D eigenvalue weighted by Crippen LogP contribution is 2.23. The second-order valence-corrected chi connectivity index (χ2v) is 6.90. The van der Waals surface area contributed by atoms with Gasteiger partial charge in [0.2, 0.25) is 5.91 Å². The molecule has 0 radical (unpaired) electrons. The van der Waals surface area contributed by atoms with Crippen LogP contribution in [0.3, 0.4) is 0 Å². The van der Waals surface area contributed by atoms with Crippen LogP contribution in [-0.2, 0) is 17.8 Å². The van der Waals surface area contributed by atoms with E-state index in [1.807, 2.05) is 12.1 Å². The summed E-state index contributed by atoms with van der Waals surface area (Å²) in [5.74, 6) is -0.505. The topological polar surface area (TPSA) is 38.3 Å². The van der Waals surface area contributed by atoms with Gasteiger partial charge in [-0.2, -0.15) is 0 Å². The summed E-state index contributed by atoms with van der Waals surface area (Å²) in [5.41, 5.74) is 0.611. The number of alkyl halides is 3. The van der Waals surface area contributed by atoms with Crippen molar-refractivity contribution in [3.05, 3.63) is 50.6 Å². The summed E-state index contributed by atoms with van der Waals surface area (Å²) < 4.78 is 40.8. The van der Waals surface area contributed by atoms with Gasteiger partial charge >= 0.3 is 6.36 Å². The number of nitrogens with one attached hydrogen (secondary N) is 1. The second-order valence-electron chi connectivity index (χ2n) is 4.35. The van der Waals surface area contributed by atoms with Gasteiger partial charge in [0.1, 0.15) is 5.75 Å². The first-order valence-electron chi connectivity index (χ1n) is 6.17. The summed E-state index contributed by atoms with van der Waals surface area (Å²) in [6.45, 7) is 0.421. The summed E-state index contributed by atoms with van der Waals surface area (Å²) in [6.07, 6.45) is -4.62. The Balaban J connectivity index is 1.83. The smallest absolute Gasteiger partial charge is 0.406 e. The van der Waals surface area contributed by atoms with E-state index in [0.717, 1.165) is 8.66 Å². The number of thiophene rings is 1. The number of amides is 1. The first-order valence-corrected chi connectivity index (χ1v) is 7.78. The minimum Gasteiger partial charge on any atom is -0.406 e. The molecule has 1 amide bonds. The van der Waals surface area contributed by atoms with Crippen molar-refractivity contribution in [2.75, 3.05) is 0 Å². The van der Waals surface area contributed by atoms with Crippen LogP contribution in [0.5, 0.6) is 5.75 Å². The van der Waals surface area contributed by atoms with E-state index < -0.39 is 6.36 Å². The quantitative estimate of drug-likeness (QED) is 0.823. The third-order valence-corrected chi connectivity index (χ3v) is 4.23. The average molecular weight is 394 g/mol. The van der Waals surface area contributed by atoms with Crippen molar-refractivity contribution >= 4 is 33.2 Å². The van der Waals surface area contributed by atoms with Gasteiger partial charge in [0.05, 0.1) is 16.8 Å². The summed E-state index contributed by atoms with van der Waals surface area (Å²) in [6, 6.07) is 9.04. The molecule has 2 rings (SSSR count). The van der Waals surface area contributed by atoms with Crippen LogP contribution in [0, 0.1) is 0 Å². The third-order valence-electron chi connectivity index (χ3n) is 2.61. The molecule has 8 heteroatoms. The monoisotopic (exact) mass is 393 g/mol. The van der Waals surface area contributed by atoms with Crippen molar-refractivity contribution in [2.45, 2.75) is 19.3 Å². The predicted molar refractivity (Wildman–Crippen MR) is 80.7 cm³/mol. The number of hydrogen-bond donors (Lipinski definition) is 1. The maximum atomic E-state index is 12.0. The Labute approximate surface area is 137 Å². The highest BCUT2D eigenvalue weighted by atomic mass is 79.9. The van der Waals surface area contributed by atoms with E-state index in [1.54, 1.807) is 0 Å². The fourth-order valence-corrected chi connectivity index (χ4v) is 3.11. The Morgan fingerprint density at radius 1 is 1.18 bits per heavy atom. The van der Waals surface area contributed by atoms with Gasteiger partial charge in [0.15, 0.2) is 0 Å². The van der Waals surface area contributed by atoms with E-state index in [0.29, 0.717) is 12.1 Å². The van der Waals surface area contributed by atoms with Crippen LogP contribution in [0.2, 0.25) is 0 Å². The number of benzene rings is 1. The van der Waals surface area contributed by atoms with Crippen LogP contribution in [0.15, 0.2) is 40.2 Å². The normalized spacial score (nSPS) is 11.3.